The van der Waals surface area contributed by atoms with E-state index in [0.29, 0.717) is 16.8 Å². The molecule has 0 aliphatic heterocycles. The molecule has 1 unspecified atom stereocenters. The highest BCUT2D eigenvalue weighted by atomic mass is 79.9. The van der Waals surface area contributed by atoms with E-state index in [4.69, 9.17) is 4.42 Å². The van der Waals surface area contributed by atoms with Gasteiger partial charge in [0.1, 0.15) is 0 Å². The van der Waals surface area contributed by atoms with Crippen LogP contribution in [0.3, 0.4) is 0 Å². The van der Waals surface area contributed by atoms with Crippen LogP contribution in [0.25, 0.3) is 0 Å². The number of furan rings is 1. The monoisotopic (exact) mass is 378 g/mol. The first kappa shape index (κ1) is 17.3. The Morgan fingerprint density at radius 2 is 1.83 bits per heavy atom. The number of nitrogens with one attached hydrogen (secondary N) is 2. The largest absolute Gasteiger partial charge is 0.444 e. The fourth-order valence-corrected chi connectivity index (χ4v) is 2.20. The Hall–Kier alpha value is -2.08. The van der Waals surface area contributed by atoms with Gasteiger partial charge in [0.15, 0.2) is 10.4 Å². The Bertz CT molecular complexity index is 679. The molecule has 1 heterocycles. The first-order chi connectivity index (χ1) is 11.0. The summed E-state index contributed by atoms with van der Waals surface area (Å²) in [4.78, 5) is 23.9. The number of carbonyl (C=O) groups is 2. The smallest absolute Gasteiger partial charge is 0.287 e. The third-order valence-corrected chi connectivity index (χ3v) is 3.88. The van der Waals surface area contributed by atoms with Gasteiger partial charge in [0, 0.05) is 18.2 Å². The number of hydrogen-bond acceptors (Lipinski definition) is 3. The molecule has 0 saturated heterocycles. The van der Waals surface area contributed by atoms with E-state index in [9.17, 15) is 9.59 Å². The lowest BCUT2D eigenvalue weighted by molar-refractivity contribution is 0.0918. The van der Waals surface area contributed by atoms with Crippen molar-refractivity contribution in [2.75, 3.05) is 0 Å². The second-order valence-corrected chi connectivity index (χ2v) is 6.05. The van der Waals surface area contributed by atoms with Crippen LogP contribution in [-0.2, 0) is 6.54 Å². The van der Waals surface area contributed by atoms with Crippen molar-refractivity contribution < 1.29 is 14.0 Å². The number of benzene rings is 1. The van der Waals surface area contributed by atoms with Gasteiger partial charge in [-0.05, 0) is 59.1 Å². The molecular formula is C17H19BrN2O3. The highest BCUT2D eigenvalue weighted by molar-refractivity contribution is 9.10. The van der Waals surface area contributed by atoms with Crippen molar-refractivity contribution in [3.8, 4) is 0 Å². The fourth-order valence-electron chi connectivity index (χ4n) is 1.89. The van der Waals surface area contributed by atoms with Crippen molar-refractivity contribution >= 4 is 27.7 Å². The number of rotatable bonds is 6. The summed E-state index contributed by atoms with van der Waals surface area (Å²) >= 11 is 3.16. The van der Waals surface area contributed by atoms with Crippen LogP contribution in [0.1, 0.15) is 46.7 Å². The Balaban J connectivity index is 1.90. The SMILES string of the molecule is CCC(C)NC(=O)c1ccc(CNC(=O)c2ccc(Br)o2)cc1. The molecule has 23 heavy (non-hydrogen) atoms. The number of amides is 2. The zero-order valence-electron chi connectivity index (χ0n) is 13.1. The molecular weight excluding hydrogens is 360 g/mol. The average Bonchev–Trinajstić information content (AvgIpc) is 2.99. The molecule has 0 aliphatic rings. The third kappa shape index (κ3) is 4.96. The molecule has 5 nitrogen and oxygen atoms in total. The standard InChI is InChI=1S/C17H19BrN2O3/c1-3-11(2)20-16(21)13-6-4-12(5-7-13)10-19-17(22)14-8-9-15(18)23-14/h4-9,11H,3,10H2,1-2H3,(H,19,22)(H,20,21). The summed E-state index contributed by atoms with van der Waals surface area (Å²) in [5.74, 6) is -0.119. The highest BCUT2D eigenvalue weighted by Gasteiger charge is 2.11. The Morgan fingerprint density at radius 1 is 1.13 bits per heavy atom. The summed E-state index contributed by atoms with van der Waals surface area (Å²) < 4.78 is 5.70. The van der Waals surface area contributed by atoms with Gasteiger partial charge in [-0.2, -0.15) is 0 Å². The topological polar surface area (TPSA) is 71.3 Å². The minimum Gasteiger partial charge on any atom is -0.444 e. The van der Waals surface area contributed by atoms with Crippen molar-refractivity contribution in [3.63, 3.8) is 0 Å². The predicted octanol–water partition coefficient (Wildman–Crippen LogP) is 3.50. The van der Waals surface area contributed by atoms with Crippen molar-refractivity contribution in [2.24, 2.45) is 0 Å². The summed E-state index contributed by atoms with van der Waals surface area (Å²) in [7, 11) is 0. The maximum Gasteiger partial charge on any atom is 0.287 e. The van der Waals surface area contributed by atoms with E-state index in [1.54, 1.807) is 24.3 Å². The molecule has 122 valence electrons. The van der Waals surface area contributed by atoms with Crippen LogP contribution in [0.4, 0.5) is 0 Å². The van der Waals surface area contributed by atoms with E-state index >= 15 is 0 Å². The van der Waals surface area contributed by atoms with E-state index in [0.717, 1.165) is 12.0 Å². The molecule has 2 rings (SSSR count). The molecule has 0 fully saturated rings. The zero-order valence-corrected chi connectivity index (χ0v) is 14.6. The van der Waals surface area contributed by atoms with Crippen LogP contribution < -0.4 is 10.6 Å². The van der Waals surface area contributed by atoms with Gasteiger partial charge < -0.3 is 15.1 Å². The molecule has 0 aliphatic carbocycles. The quantitative estimate of drug-likeness (QED) is 0.807. The minimum absolute atomic E-state index is 0.0876. The summed E-state index contributed by atoms with van der Waals surface area (Å²) in [6.07, 6.45) is 0.888. The first-order valence-electron chi connectivity index (χ1n) is 7.43. The number of hydrogen-bond donors (Lipinski definition) is 2. The molecule has 1 aromatic carbocycles. The van der Waals surface area contributed by atoms with E-state index in [-0.39, 0.29) is 23.6 Å². The Labute approximate surface area is 143 Å². The van der Waals surface area contributed by atoms with Crippen LogP contribution in [0, 0.1) is 0 Å². The molecule has 0 radical (unpaired) electrons. The summed E-state index contributed by atoms with van der Waals surface area (Å²) in [6.45, 7) is 4.35. The number of carbonyl (C=O) groups excluding carboxylic acids is 2. The number of halogens is 1. The molecule has 6 heteroatoms. The van der Waals surface area contributed by atoms with Crippen LogP contribution >= 0.6 is 15.9 Å². The molecule has 1 atom stereocenters. The molecule has 1 aromatic heterocycles. The van der Waals surface area contributed by atoms with Crippen LogP contribution in [-0.4, -0.2) is 17.9 Å². The lowest BCUT2D eigenvalue weighted by atomic mass is 10.1. The van der Waals surface area contributed by atoms with Gasteiger partial charge in [0.2, 0.25) is 0 Å². The fraction of sp³-hybridized carbons (Fsp3) is 0.294. The van der Waals surface area contributed by atoms with Gasteiger partial charge in [-0.3, -0.25) is 9.59 Å². The van der Waals surface area contributed by atoms with E-state index in [1.807, 2.05) is 26.0 Å². The van der Waals surface area contributed by atoms with Crippen molar-refractivity contribution in [2.45, 2.75) is 32.9 Å². The first-order valence-corrected chi connectivity index (χ1v) is 8.22. The summed E-state index contributed by atoms with van der Waals surface area (Å²) in [5, 5.41) is 5.68. The second-order valence-electron chi connectivity index (χ2n) is 5.27. The summed E-state index contributed by atoms with van der Waals surface area (Å²) in [6, 6.07) is 10.6. The zero-order chi connectivity index (χ0) is 16.8. The van der Waals surface area contributed by atoms with Gasteiger partial charge >= 0.3 is 0 Å². The normalized spacial score (nSPS) is 11.8. The van der Waals surface area contributed by atoms with E-state index in [1.165, 1.54) is 0 Å². The van der Waals surface area contributed by atoms with Gasteiger partial charge in [0.05, 0.1) is 0 Å². The Morgan fingerprint density at radius 3 is 2.39 bits per heavy atom. The maximum absolute atomic E-state index is 12.0. The summed E-state index contributed by atoms with van der Waals surface area (Å²) in [5.41, 5.74) is 1.51. The highest BCUT2D eigenvalue weighted by Crippen LogP contribution is 2.14. The molecule has 0 spiro atoms. The van der Waals surface area contributed by atoms with Gasteiger partial charge in [0.25, 0.3) is 11.8 Å². The van der Waals surface area contributed by atoms with Crippen molar-refractivity contribution in [3.05, 3.63) is 58.0 Å². The van der Waals surface area contributed by atoms with Crippen LogP contribution in [0.15, 0.2) is 45.5 Å². The van der Waals surface area contributed by atoms with Crippen molar-refractivity contribution in [1.82, 2.24) is 10.6 Å². The Kier molecular flexibility index (Phi) is 5.98. The third-order valence-electron chi connectivity index (χ3n) is 3.46. The van der Waals surface area contributed by atoms with E-state index < -0.39 is 0 Å². The minimum atomic E-state index is -0.283. The van der Waals surface area contributed by atoms with Crippen LogP contribution in [0.2, 0.25) is 0 Å². The molecule has 0 bridgehead atoms. The molecule has 2 N–H and O–H groups in total. The van der Waals surface area contributed by atoms with Gasteiger partial charge in [-0.15, -0.1) is 0 Å². The van der Waals surface area contributed by atoms with Crippen molar-refractivity contribution in [1.29, 1.82) is 0 Å². The van der Waals surface area contributed by atoms with E-state index in [2.05, 4.69) is 26.6 Å². The molecule has 0 saturated carbocycles. The molecule has 2 aromatic rings. The second kappa shape index (κ2) is 7.97. The lowest BCUT2D eigenvalue weighted by Crippen LogP contribution is -2.31. The maximum atomic E-state index is 12.0. The lowest BCUT2D eigenvalue weighted by Gasteiger charge is -2.11. The van der Waals surface area contributed by atoms with Gasteiger partial charge in [-0.25, -0.2) is 0 Å². The average molecular weight is 379 g/mol. The van der Waals surface area contributed by atoms with Crippen LogP contribution in [0.5, 0.6) is 0 Å². The molecule has 2 amide bonds. The predicted molar refractivity (Wildman–Crippen MR) is 91.2 cm³/mol. The van der Waals surface area contributed by atoms with Gasteiger partial charge in [-0.1, -0.05) is 19.1 Å².